The first kappa shape index (κ1) is 30.2. The number of hydrogen-bond donors (Lipinski definition) is 9. The van der Waals surface area contributed by atoms with Crippen molar-refractivity contribution in [2.45, 2.75) is 49.9 Å². The van der Waals surface area contributed by atoms with Crippen molar-refractivity contribution in [3.05, 3.63) is 29.8 Å². The standard InChI is InChI=1S/C21H29N5O9S/c22-12(8-17(29)30)18(31)24-13(5-6-16(23)28)19(32)26-15(9-36)20(33)25-14(21(34)35)7-10-1-3-11(27)4-2-10/h1-4,12-15,27,36H,5-9,22H2,(H2,23,28)(H,24,31)(H,25,33)(H,26,32)(H,29,30)(H,34,35). The van der Waals surface area contributed by atoms with E-state index in [9.17, 15) is 39.0 Å². The molecule has 4 atom stereocenters. The maximum Gasteiger partial charge on any atom is 0.326 e. The molecule has 15 heteroatoms. The molecule has 10 N–H and O–H groups in total. The van der Waals surface area contributed by atoms with Crippen LogP contribution in [0.15, 0.2) is 24.3 Å². The lowest BCUT2D eigenvalue weighted by Crippen LogP contribution is -2.58. The summed E-state index contributed by atoms with van der Waals surface area (Å²) in [5.41, 5.74) is 11.1. The molecule has 14 nitrogen and oxygen atoms in total. The minimum atomic E-state index is -1.48. The number of primary amides is 1. The van der Waals surface area contributed by atoms with Crippen LogP contribution in [0.1, 0.15) is 24.8 Å². The molecule has 1 aromatic rings. The van der Waals surface area contributed by atoms with Crippen LogP contribution < -0.4 is 27.4 Å². The maximum absolute atomic E-state index is 12.8. The topological polar surface area (TPSA) is 251 Å². The lowest BCUT2D eigenvalue weighted by molar-refractivity contribution is -0.142. The van der Waals surface area contributed by atoms with E-state index >= 15 is 0 Å². The average molecular weight is 528 g/mol. The van der Waals surface area contributed by atoms with E-state index in [1.54, 1.807) is 0 Å². The van der Waals surface area contributed by atoms with Crippen LogP contribution in [0.25, 0.3) is 0 Å². The molecule has 4 amide bonds. The Kier molecular flexibility index (Phi) is 12.2. The molecule has 36 heavy (non-hydrogen) atoms. The minimum Gasteiger partial charge on any atom is -0.508 e. The number of amides is 4. The van der Waals surface area contributed by atoms with Gasteiger partial charge in [-0.05, 0) is 24.1 Å². The summed E-state index contributed by atoms with van der Waals surface area (Å²) in [6.07, 6.45) is -1.42. The number of rotatable bonds is 15. The monoisotopic (exact) mass is 527 g/mol. The van der Waals surface area contributed by atoms with Gasteiger partial charge < -0.3 is 42.7 Å². The van der Waals surface area contributed by atoms with Crippen LogP contribution in [0.3, 0.4) is 0 Å². The second-order valence-electron chi connectivity index (χ2n) is 7.78. The first-order chi connectivity index (χ1) is 16.8. The lowest BCUT2D eigenvalue weighted by Gasteiger charge is -2.24. The third-order valence-electron chi connectivity index (χ3n) is 4.85. The lowest BCUT2D eigenvalue weighted by atomic mass is 10.1. The van der Waals surface area contributed by atoms with Gasteiger partial charge >= 0.3 is 11.9 Å². The van der Waals surface area contributed by atoms with Crippen LogP contribution in [0.2, 0.25) is 0 Å². The fraction of sp³-hybridized carbons (Fsp3) is 0.429. The molecule has 0 aliphatic heterocycles. The van der Waals surface area contributed by atoms with Crippen LogP contribution in [-0.2, 0) is 35.2 Å². The second kappa shape index (κ2) is 14.5. The Labute approximate surface area is 211 Å². The van der Waals surface area contributed by atoms with Gasteiger partial charge in [0.2, 0.25) is 23.6 Å². The summed E-state index contributed by atoms with van der Waals surface area (Å²) in [5, 5.41) is 34.4. The summed E-state index contributed by atoms with van der Waals surface area (Å²) in [6.45, 7) is 0. The Morgan fingerprint density at radius 2 is 1.39 bits per heavy atom. The van der Waals surface area contributed by atoms with Gasteiger partial charge in [0, 0.05) is 18.6 Å². The SMILES string of the molecule is NC(=O)CCC(NC(=O)C(N)CC(=O)O)C(=O)NC(CS)C(=O)NC(Cc1ccc(O)cc1)C(=O)O. The van der Waals surface area contributed by atoms with Gasteiger partial charge in [-0.15, -0.1) is 0 Å². The summed E-state index contributed by atoms with van der Waals surface area (Å²) >= 11 is 4.01. The summed E-state index contributed by atoms with van der Waals surface area (Å²) < 4.78 is 0. The molecule has 0 fully saturated rings. The number of carboxylic acids is 2. The predicted molar refractivity (Wildman–Crippen MR) is 128 cm³/mol. The van der Waals surface area contributed by atoms with E-state index in [-0.39, 0.29) is 30.8 Å². The normalized spacial score (nSPS) is 13.9. The van der Waals surface area contributed by atoms with Crippen molar-refractivity contribution < 1.29 is 44.1 Å². The van der Waals surface area contributed by atoms with Crippen LogP contribution in [0, 0.1) is 0 Å². The molecule has 0 bridgehead atoms. The molecular weight excluding hydrogens is 498 g/mol. The highest BCUT2D eigenvalue weighted by Crippen LogP contribution is 2.12. The van der Waals surface area contributed by atoms with E-state index in [0.717, 1.165) is 0 Å². The molecule has 1 rings (SSSR count). The number of hydrogen-bond acceptors (Lipinski definition) is 9. The molecule has 0 aliphatic rings. The Bertz CT molecular complexity index is 973. The Morgan fingerprint density at radius 1 is 0.861 bits per heavy atom. The molecule has 0 heterocycles. The number of carbonyl (C=O) groups excluding carboxylic acids is 4. The van der Waals surface area contributed by atoms with Crippen LogP contribution >= 0.6 is 12.6 Å². The van der Waals surface area contributed by atoms with Gasteiger partial charge in [0.25, 0.3) is 0 Å². The molecule has 0 aromatic heterocycles. The van der Waals surface area contributed by atoms with Crippen LogP contribution in [-0.4, -0.2) is 80.8 Å². The van der Waals surface area contributed by atoms with E-state index in [4.69, 9.17) is 16.6 Å². The third kappa shape index (κ3) is 10.6. The molecule has 0 radical (unpaired) electrons. The van der Waals surface area contributed by atoms with Crippen molar-refractivity contribution >= 4 is 48.2 Å². The largest absolute Gasteiger partial charge is 0.508 e. The zero-order valence-corrected chi connectivity index (χ0v) is 19.9. The number of aromatic hydroxyl groups is 1. The first-order valence-electron chi connectivity index (χ1n) is 10.6. The highest BCUT2D eigenvalue weighted by Gasteiger charge is 2.30. The predicted octanol–water partition coefficient (Wildman–Crippen LogP) is -2.53. The fourth-order valence-electron chi connectivity index (χ4n) is 2.92. The number of phenols is 1. The number of phenolic OH excluding ortho intramolecular Hbond substituents is 1. The second-order valence-corrected chi connectivity index (χ2v) is 8.15. The number of aliphatic carboxylic acids is 2. The molecule has 0 spiro atoms. The number of benzene rings is 1. The maximum atomic E-state index is 12.8. The van der Waals surface area contributed by atoms with E-state index < -0.39 is 66.2 Å². The Morgan fingerprint density at radius 3 is 1.89 bits per heavy atom. The van der Waals surface area contributed by atoms with Gasteiger partial charge in [-0.3, -0.25) is 24.0 Å². The quantitative estimate of drug-likeness (QED) is 0.108. The molecule has 0 aliphatic carbocycles. The van der Waals surface area contributed by atoms with Gasteiger partial charge in [-0.2, -0.15) is 12.6 Å². The van der Waals surface area contributed by atoms with Crippen molar-refractivity contribution in [1.29, 1.82) is 0 Å². The zero-order valence-electron chi connectivity index (χ0n) is 19.0. The minimum absolute atomic E-state index is 0.0191. The summed E-state index contributed by atoms with van der Waals surface area (Å²) in [4.78, 5) is 71.2. The van der Waals surface area contributed by atoms with Gasteiger partial charge in [-0.1, -0.05) is 12.1 Å². The Balaban J connectivity index is 2.91. The van der Waals surface area contributed by atoms with Crippen molar-refractivity contribution in [3.8, 4) is 5.75 Å². The van der Waals surface area contributed by atoms with Gasteiger partial charge in [0.1, 0.15) is 23.9 Å². The zero-order chi connectivity index (χ0) is 27.4. The highest BCUT2D eigenvalue weighted by atomic mass is 32.1. The molecule has 0 saturated heterocycles. The molecule has 0 saturated carbocycles. The molecule has 198 valence electrons. The Hall–Kier alpha value is -3.85. The van der Waals surface area contributed by atoms with Crippen LogP contribution in [0.4, 0.5) is 0 Å². The van der Waals surface area contributed by atoms with Crippen molar-refractivity contribution in [1.82, 2.24) is 16.0 Å². The number of thiol groups is 1. The summed E-state index contributed by atoms with van der Waals surface area (Å²) in [6, 6.07) is 0.0979. The van der Waals surface area contributed by atoms with E-state index in [0.29, 0.717) is 5.56 Å². The average Bonchev–Trinajstić information content (AvgIpc) is 2.79. The molecular formula is C21H29N5O9S. The van der Waals surface area contributed by atoms with E-state index in [1.807, 2.05) is 0 Å². The fourth-order valence-corrected chi connectivity index (χ4v) is 3.18. The van der Waals surface area contributed by atoms with Crippen LogP contribution in [0.5, 0.6) is 5.75 Å². The highest BCUT2D eigenvalue weighted by molar-refractivity contribution is 7.80. The number of carboxylic acid groups (broad SMARTS) is 2. The molecule has 1 aromatic carbocycles. The number of nitrogens with one attached hydrogen (secondary N) is 3. The first-order valence-corrected chi connectivity index (χ1v) is 11.3. The van der Waals surface area contributed by atoms with Gasteiger partial charge in [0.15, 0.2) is 0 Å². The van der Waals surface area contributed by atoms with Crippen molar-refractivity contribution in [2.24, 2.45) is 11.5 Å². The smallest absolute Gasteiger partial charge is 0.326 e. The summed E-state index contributed by atoms with van der Waals surface area (Å²) in [5.74, 6) is -6.53. The number of nitrogens with two attached hydrogens (primary N) is 2. The third-order valence-corrected chi connectivity index (χ3v) is 5.22. The molecule has 4 unspecified atom stereocenters. The number of carbonyl (C=O) groups is 6. The van der Waals surface area contributed by atoms with Crippen molar-refractivity contribution in [3.63, 3.8) is 0 Å². The van der Waals surface area contributed by atoms with Gasteiger partial charge in [-0.25, -0.2) is 4.79 Å². The summed E-state index contributed by atoms with van der Waals surface area (Å²) in [7, 11) is 0. The van der Waals surface area contributed by atoms with E-state index in [2.05, 4.69) is 28.6 Å². The van der Waals surface area contributed by atoms with E-state index in [1.165, 1.54) is 24.3 Å². The van der Waals surface area contributed by atoms with Gasteiger partial charge in [0.05, 0.1) is 12.5 Å². The van der Waals surface area contributed by atoms with Crippen molar-refractivity contribution in [2.75, 3.05) is 5.75 Å².